The van der Waals surface area contributed by atoms with E-state index in [4.69, 9.17) is 0 Å². The van der Waals surface area contributed by atoms with Gasteiger partial charge in [0, 0.05) is 22.7 Å². The van der Waals surface area contributed by atoms with Crippen LogP contribution in [-0.2, 0) is 0 Å². The van der Waals surface area contributed by atoms with Crippen LogP contribution in [-0.4, -0.2) is 11.5 Å². The topological polar surface area (TPSA) is 24.9 Å². The van der Waals surface area contributed by atoms with Gasteiger partial charge in [-0.05, 0) is 44.5 Å². The molecule has 1 aromatic carbocycles. The van der Waals surface area contributed by atoms with E-state index < -0.39 is 0 Å². The van der Waals surface area contributed by atoms with Crippen LogP contribution in [0.1, 0.15) is 36.8 Å². The standard InChI is InChI=1S/C15H19FN2S/c1-4-7-17-11(3)14-9-18-15(19-14)13-8-12(16)6-5-10(13)2/h5-6,8-9,11,17H,4,7H2,1-3H3. The van der Waals surface area contributed by atoms with Gasteiger partial charge >= 0.3 is 0 Å². The molecule has 2 aromatic rings. The Hall–Kier alpha value is -1.26. The molecule has 0 saturated carbocycles. The fraction of sp³-hybridized carbons (Fsp3) is 0.400. The predicted molar refractivity (Wildman–Crippen MR) is 79.0 cm³/mol. The predicted octanol–water partition coefficient (Wildman–Crippen LogP) is 4.32. The first-order chi connectivity index (χ1) is 9.11. The highest BCUT2D eigenvalue weighted by Gasteiger charge is 2.12. The van der Waals surface area contributed by atoms with Crippen LogP contribution in [0, 0.1) is 12.7 Å². The Morgan fingerprint density at radius 1 is 1.42 bits per heavy atom. The molecule has 1 unspecified atom stereocenters. The number of nitrogens with one attached hydrogen (secondary N) is 1. The molecule has 19 heavy (non-hydrogen) atoms. The average Bonchev–Trinajstić information content (AvgIpc) is 2.88. The molecule has 0 radical (unpaired) electrons. The lowest BCUT2D eigenvalue weighted by Gasteiger charge is -2.09. The molecule has 0 bridgehead atoms. The maximum atomic E-state index is 13.3. The van der Waals surface area contributed by atoms with Crippen LogP contribution in [0.15, 0.2) is 24.4 Å². The Morgan fingerprint density at radius 3 is 2.95 bits per heavy atom. The van der Waals surface area contributed by atoms with Crippen LogP contribution in [0.2, 0.25) is 0 Å². The Bertz CT molecular complexity index is 551. The third-order valence-corrected chi connectivity index (χ3v) is 4.29. The number of hydrogen-bond acceptors (Lipinski definition) is 3. The van der Waals surface area contributed by atoms with Crippen molar-refractivity contribution in [3.05, 3.63) is 40.7 Å². The third-order valence-electron chi connectivity index (χ3n) is 3.08. The van der Waals surface area contributed by atoms with Crippen LogP contribution < -0.4 is 5.32 Å². The molecule has 0 aliphatic carbocycles. The lowest BCUT2D eigenvalue weighted by Crippen LogP contribution is -2.18. The minimum Gasteiger partial charge on any atom is -0.309 e. The number of hydrogen-bond donors (Lipinski definition) is 1. The van der Waals surface area contributed by atoms with E-state index in [9.17, 15) is 4.39 Å². The fourth-order valence-corrected chi connectivity index (χ4v) is 2.92. The lowest BCUT2D eigenvalue weighted by atomic mass is 10.1. The molecule has 102 valence electrons. The van der Waals surface area contributed by atoms with Gasteiger partial charge in [-0.1, -0.05) is 13.0 Å². The number of aromatic nitrogens is 1. The van der Waals surface area contributed by atoms with Crippen LogP contribution in [0.4, 0.5) is 4.39 Å². The minimum atomic E-state index is -0.213. The maximum absolute atomic E-state index is 13.3. The zero-order valence-electron chi connectivity index (χ0n) is 11.5. The normalized spacial score (nSPS) is 12.6. The van der Waals surface area contributed by atoms with Crippen molar-refractivity contribution < 1.29 is 4.39 Å². The summed E-state index contributed by atoms with van der Waals surface area (Å²) in [5.74, 6) is -0.213. The highest BCUT2D eigenvalue weighted by Crippen LogP contribution is 2.31. The number of benzene rings is 1. The summed E-state index contributed by atoms with van der Waals surface area (Å²) in [6.45, 7) is 7.25. The van der Waals surface area contributed by atoms with Gasteiger partial charge in [-0.15, -0.1) is 11.3 Å². The summed E-state index contributed by atoms with van der Waals surface area (Å²) >= 11 is 1.63. The van der Waals surface area contributed by atoms with Crippen LogP contribution in [0.3, 0.4) is 0 Å². The zero-order valence-corrected chi connectivity index (χ0v) is 12.4. The van der Waals surface area contributed by atoms with Gasteiger partial charge in [0.05, 0.1) is 0 Å². The summed E-state index contributed by atoms with van der Waals surface area (Å²) < 4.78 is 13.3. The van der Waals surface area contributed by atoms with E-state index in [-0.39, 0.29) is 5.82 Å². The molecule has 0 aliphatic heterocycles. The summed E-state index contributed by atoms with van der Waals surface area (Å²) in [6.07, 6.45) is 3.00. The second-order valence-corrected chi connectivity index (χ2v) is 5.77. The molecular weight excluding hydrogens is 259 g/mol. The molecular formula is C15H19FN2S. The summed E-state index contributed by atoms with van der Waals surface area (Å²) in [6, 6.07) is 5.13. The van der Waals surface area contributed by atoms with Crippen molar-refractivity contribution in [2.75, 3.05) is 6.54 Å². The fourth-order valence-electron chi connectivity index (χ4n) is 1.90. The third kappa shape index (κ3) is 3.39. The molecule has 0 aliphatic rings. The molecule has 1 N–H and O–H groups in total. The van der Waals surface area contributed by atoms with Crippen LogP contribution >= 0.6 is 11.3 Å². The van der Waals surface area contributed by atoms with E-state index in [0.29, 0.717) is 6.04 Å². The minimum absolute atomic E-state index is 0.213. The number of thiazole rings is 1. The number of halogens is 1. The van der Waals surface area contributed by atoms with E-state index in [1.165, 1.54) is 10.9 Å². The number of aryl methyl sites for hydroxylation is 1. The van der Waals surface area contributed by atoms with Gasteiger partial charge in [-0.2, -0.15) is 0 Å². The van der Waals surface area contributed by atoms with Crippen molar-refractivity contribution in [1.29, 1.82) is 0 Å². The Balaban J connectivity index is 2.23. The Morgan fingerprint density at radius 2 is 2.21 bits per heavy atom. The van der Waals surface area contributed by atoms with E-state index in [1.807, 2.05) is 13.1 Å². The van der Waals surface area contributed by atoms with Crippen molar-refractivity contribution in [1.82, 2.24) is 10.3 Å². The van der Waals surface area contributed by atoms with Crippen molar-refractivity contribution in [3.8, 4) is 10.6 Å². The van der Waals surface area contributed by atoms with Crippen molar-refractivity contribution >= 4 is 11.3 Å². The molecule has 2 nitrogen and oxygen atoms in total. The van der Waals surface area contributed by atoms with E-state index in [1.54, 1.807) is 23.5 Å². The second kappa shape index (κ2) is 6.26. The van der Waals surface area contributed by atoms with Gasteiger partial charge in [0.1, 0.15) is 10.8 Å². The lowest BCUT2D eigenvalue weighted by molar-refractivity contribution is 0.577. The first-order valence-corrected chi connectivity index (χ1v) is 7.39. The quantitative estimate of drug-likeness (QED) is 0.881. The van der Waals surface area contributed by atoms with Gasteiger partial charge < -0.3 is 5.32 Å². The molecule has 0 fully saturated rings. The Kier molecular flexibility index (Phi) is 4.66. The number of rotatable bonds is 5. The summed E-state index contributed by atoms with van der Waals surface area (Å²) in [5, 5.41) is 4.32. The molecule has 0 amide bonds. The highest BCUT2D eigenvalue weighted by atomic mass is 32.1. The van der Waals surface area contributed by atoms with Crippen molar-refractivity contribution in [2.45, 2.75) is 33.2 Å². The van der Waals surface area contributed by atoms with Gasteiger partial charge in [-0.3, -0.25) is 0 Å². The summed E-state index contributed by atoms with van der Waals surface area (Å²) in [7, 11) is 0. The van der Waals surface area contributed by atoms with E-state index in [0.717, 1.165) is 29.1 Å². The van der Waals surface area contributed by atoms with Crippen LogP contribution in [0.5, 0.6) is 0 Å². The molecule has 2 rings (SSSR count). The first kappa shape index (κ1) is 14.2. The van der Waals surface area contributed by atoms with Gasteiger partial charge in [-0.25, -0.2) is 9.37 Å². The molecule has 0 saturated heterocycles. The van der Waals surface area contributed by atoms with E-state index in [2.05, 4.69) is 24.1 Å². The van der Waals surface area contributed by atoms with E-state index >= 15 is 0 Å². The molecule has 1 aromatic heterocycles. The SMILES string of the molecule is CCCNC(C)c1cnc(-c2cc(F)ccc2C)s1. The molecule has 1 atom stereocenters. The molecule has 4 heteroatoms. The maximum Gasteiger partial charge on any atom is 0.123 e. The van der Waals surface area contributed by atoms with Crippen LogP contribution in [0.25, 0.3) is 10.6 Å². The van der Waals surface area contributed by atoms with Gasteiger partial charge in [0.25, 0.3) is 0 Å². The number of nitrogens with zero attached hydrogens (tertiary/aromatic N) is 1. The van der Waals surface area contributed by atoms with Crippen molar-refractivity contribution in [3.63, 3.8) is 0 Å². The summed E-state index contributed by atoms with van der Waals surface area (Å²) in [4.78, 5) is 5.62. The Labute approximate surface area is 117 Å². The second-order valence-electron chi connectivity index (χ2n) is 4.70. The largest absolute Gasteiger partial charge is 0.309 e. The average molecular weight is 278 g/mol. The van der Waals surface area contributed by atoms with Crippen molar-refractivity contribution in [2.24, 2.45) is 0 Å². The zero-order chi connectivity index (χ0) is 13.8. The summed E-state index contributed by atoms with van der Waals surface area (Å²) in [5.41, 5.74) is 1.94. The smallest absolute Gasteiger partial charge is 0.123 e. The van der Waals surface area contributed by atoms with Gasteiger partial charge in [0.15, 0.2) is 0 Å². The molecule has 0 spiro atoms. The van der Waals surface area contributed by atoms with Gasteiger partial charge in [0.2, 0.25) is 0 Å². The first-order valence-electron chi connectivity index (χ1n) is 6.57. The highest BCUT2D eigenvalue weighted by molar-refractivity contribution is 7.15. The molecule has 1 heterocycles. The monoisotopic (exact) mass is 278 g/mol.